The molecule has 7 nitrogen and oxygen atoms in total. The molecule has 8 heteroatoms. The number of carbonyl (C=O) groups is 3. The molecule has 1 atom stereocenters. The van der Waals surface area contributed by atoms with Crippen LogP contribution in [0.4, 0.5) is 10.5 Å². The van der Waals surface area contributed by atoms with Gasteiger partial charge in [0.25, 0.3) is 0 Å². The van der Waals surface area contributed by atoms with Crippen LogP contribution in [0.25, 0.3) is 0 Å². The van der Waals surface area contributed by atoms with E-state index < -0.39 is 12.1 Å². The Labute approximate surface area is 179 Å². The molecular formula is C22H25NO6S. The van der Waals surface area contributed by atoms with Crippen molar-refractivity contribution in [3.05, 3.63) is 51.7 Å². The molecule has 1 amide bonds. The summed E-state index contributed by atoms with van der Waals surface area (Å²) in [5.74, 6) is -0.852. The van der Waals surface area contributed by atoms with Gasteiger partial charge in [0.15, 0.2) is 5.78 Å². The molecule has 1 N–H and O–H groups in total. The number of benzene rings is 1. The number of ether oxygens (including phenoxy) is 2. The molecule has 1 fully saturated rings. The fourth-order valence-electron chi connectivity index (χ4n) is 3.25. The van der Waals surface area contributed by atoms with Crippen LogP contribution in [-0.4, -0.2) is 42.2 Å². The number of unbranched alkanes of at least 4 members (excludes halogenated alkanes) is 2. The fraction of sp³-hybridized carbons (Fsp3) is 0.409. The lowest BCUT2D eigenvalue weighted by Gasteiger charge is -2.21. The van der Waals surface area contributed by atoms with Gasteiger partial charge in [-0.1, -0.05) is 19.8 Å². The number of anilines is 1. The second kappa shape index (κ2) is 10.4. The largest absolute Gasteiger partial charge is 0.477 e. The summed E-state index contributed by atoms with van der Waals surface area (Å²) in [5, 5.41) is 8.98. The number of carboxylic acids is 1. The number of aromatic carboxylic acids is 1. The van der Waals surface area contributed by atoms with Crippen molar-refractivity contribution in [1.82, 2.24) is 0 Å². The van der Waals surface area contributed by atoms with E-state index in [0.29, 0.717) is 17.7 Å². The number of nitrogens with zero attached hydrogens (tertiary/aromatic N) is 1. The highest BCUT2D eigenvalue weighted by molar-refractivity contribution is 7.13. The Morgan fingerprint density at radius 2 is 1.97 bits per heavy atom. The number of amides is 1. The molecule has 1 saturated heterocycles. The first-order valence-electron chi connectivity index (χ1n) is 9.98. The number of carbonyl (C=O) groups excluding carboxylic acids is 2. The van der Waals surface area contributed by atoms with Gasteiger partial charge in [0, 0.05) is 22.5 Å². The van der Waals surface area contributed by atoms with Crippen molar-refractivity contribution >= 4 is 34.9 Å². The van der Waals surface area contributed by atoms with Crippen LogP contribution in [0.5, 0.6) is 0 Å². The highest BCUT2D eigenvalue weighted by Crippen LogP contribution is 2.25. The Bertz CT molecular complexity index is 891. The van der Waals surface area contributed by atoms with Gasteiger partial charge in [-0.15, -0.1) is 11.3 Å². The molecule has 0 saturated carbocycles. The lowest BCUT2D eigenvalue weighted by Crippen LogP contribution is -2.36. The number of thiophene rings is 1. The summed E-state index contributed by atoms with van der Waals surface area (Å²) in [5.41, 5.74) is 1.29. The molecule has 0 bridgehead atoms. The molecule has 3 rings (SSSR count). The summed E-state index contributed by atoms with van der Waals surface area (Å²) < 4.78 is 10.9. The van der Waals surface area contributed by atoms with Crippen LogP contribution in [0.3, 0.4) is 0 Å². The van der Waals surface area contributed by atoms with Gasteiger partial charge < -0.3 is 14.6 Å². The van der Waals surface area contributed by atoms with Crippen LogP contribution < -0.4 is 4.90 Å². The summed E-state index contributed by atoms with van der Waals surface area (Å²) in [6.45, 7) is 2.83. The van der Waals surface area contributed by atoms with E-state index in [1.165, 1.54) is 4.90 Å². The van der Waals surface area contributed by atoms with Crippen molar-refractivity contribution in [1.29, 1.82) is 0 Å². The van der Waals surface area contributed by atoms with Gasteiger partial charge in [-0.05, 0) is 42.8 Å². The highest BCUT2D eigenvalue weighted by Gasteiger charge is 2.34. The third-order valence-electron chi connectivity index (χ3n) is 4.86. The molecule has 0 aliphatic carbocycles. The zero-order valence-corrected chi connectivity index (χ0v) is 17.7. The molecule has 160 valence electrons. The maximum Gasteiger partial charge on any atom is 0.414 e. The summed E-state index contributed by atoms with van der Waals surface area (Å²) in [6.07, 6.45) is 3.07. The third kappa shape index (κ3) is 5.46. The minimum atomic E-state index is -0.959. The van der Waals surface area contributed by atoms with Gasteiger partial charge in [-0.3, -0.25) is 9.69 Å². The molecule has 1 aliphatic rings. The highest BCUT2D eigenvalue weighted by atomic mass is 32.1. The standard InChI is InChI=1S/C22H25NO6S/c1-2-3-4-5-19(24)15-6-8-16(9-7-15)23-17(13-29-22(23)27)12-28-14-18-10-11-20(30-18)21(25)26/h6-11,17H,2-5,12-14H2,1H3,(H,25,26)/t17-/m0/s1. The van der Waals surface area contributed by atoms with Crippen LogP contribution in [0.1, 0.15) is 57.5 Å². The molecule has 1 aromatic carbocycles. The number of cyclic esters (lactones) is 1. The van der Waals surface area contributed by atoms with E-state index >= 15 is 0 Å². The molecule has 2 heterocycles. The molecule has 0 spiro atoms. The zero-order valence-electron chi connectivity index (χ0n) is 16.8. The average molecular weight is 432 g/mol. The maximum atomic E-state index is 12.2. The molecular weight excluding hydrogens is 406 g/mol. The van der Waals surface area contributed by atoms with Crippen molar-refractivity contribution in [3.63, 3.8) is 0 Å². The van der Waals surface area contributed by atoms with Gasteiger partial charge in [0.05, 0.1) is 19.3 Å². The first-order chi connectivity index (χ1) is 14.5. The second-order valence-corrected chi connectivity index (χ2v) is 8.28. The van der Waals surface area contributed by atoms with Crippen molar-refractivity contribution < 1.29 is 29.0 Å². The molecule has 1 aromatic heterocycles. The molecule has 0 unspecified atom stereocenters. The molecule has 30 heavy (non-hydrogen) atoms. The Hall–Kier alpha value is -2.71. The number of hydrogen-bond donors (Lipinski definition) is 1. The lowest BCUT2D eigenvalue weighted by molar-refractivity contribution is 0.0701. The molecule has 0 radical (unpaired) electrons. The van der Waals surface area contributed by atoms with E-state index in [0.717, 1.165) is 35.5 Å². The smallest absolute Gasteiger partial charge is 0.414 e. The number of ketones is 1. The van der Waals surface area contributed by atoms with Crippen LogP contribution >= 0.6 is 11.3 Å². The van der Waals surface area contributed by atoms with E-state index in [4.69, 9.17) is 14.6 Å². The Kier molecular flexibility index (Phi) is 7.59. The van der Waals surface area contributed by atoms with Gasteiger partial charge in [0.2, 0.25) is 0 Å². The summed E-state index contributed by atoms with van der Waals surface area (Å²) in [7, 11) is 0. The Balaban J connectivity index is 1.57. The first-order valence-corrected chi connectivity index (χ1v) is 10.8. The SMILES string of the molecule is CCCCCC(=O)c1ccc(N2C(=O)OC[C@@H]2COCc2ccc(C(=O)O)s2)cc1. The van der Waals surface area contributed by atoms with E-state index in [2.05, 4.69) is 6.92 Å². The number of Topliss-reactive ketones (excluding diaryl/α,β-unsaturated/α-hetero) is 1. The Morgan fingerprint density at radius 1 is 1.20 bits per heavy atom. The van der Waals surface area contributed by atoms with E-state index in [-0.39, 0.29) is 36.5 Å². The molecule has 2 aromatic rings. The summed E-state index contributed by atoms with van der Waals surface area (Å²) in [4.78, 5) is 38.0. The van der Waals surface area contributed by atoms with Crippen molar-refractivity contribution in [2.75, 3.05) is 18.1 Å². The normalized spacial score (nSPS) is 16.0. The van der Waals surface area contributed by atoms with Gasteiger partial charge in [0.1, 0.15) is 11.5 Å². The maximum absolute atomic E-state index is 12.2. The lowest BCUT2D eigenvalue weighted by atomic mass is 10.0. The van der Waals surface area contributed by atoms with Crippen LogP contribution in [-0.2, 0) is 16.1 Å². The minimum Gasteiger partial charge on any atom is -0.477 e. The predicted octanol–water partition coefficient (Wildman–Crippen LogP) is 4.75. The van der Waals surface area contributed by atoms with E-state index in [9.17, 15) is 14.4 Å². The summed E-state index contributed by atoms with van der Waals surface area (Å²) >= 11 is 1.16. The average Bonchev–Trinajstić information content (AvgIpc) is 3.35. The van der Waals surface area contributed by atoms with Gasteiger partial charge in [-0.2, -0.15) is 0 Å². The van der Waals surface area contributed by atoms with Crippen molar-refractivity contribution in [3.8, 4) is 0 Å². The first kappa shape index (κ1) is 22.0. The topological polar surface area (TPSA) is 93.1 Å². The van der Waals surface area contributed by atoms with Crippen LogP contribution in [0, 0.1) is 0 Å². The van der Waals surface area contributed by atoms with Gasteiger partial charge in [-0.25, -0.2) is 9.59 Å². The quantitative estimate of drug-likeness (QED) is 0.408. The van der Waals surface area contributed by atoms with Crippen LogP contribution in [0.15, 0.2) is 36.4 Å². The molecule has 1 aliphatic heterocycles. The van der Waals surface area contributed by atoms with Crippen molar-refractivity contribution in [2.45, 2.75) is 45.3 Å². The van der Waals surface area contributed by atoms with Gasteiger partial charge >= 0.3 is 12.1 Å². The minimum absolute atomic E-state index is 0.107. The van der Waals surface area contributed by atoms with E-state index in [1.807, 2.05) is 0 Å². The number of rotatable bonds is 11. The second-order valence-electron chi connectivity index (χ2n) is 7.11. The monoisotopic (exact) mass is 431 g/mol. The van der Waals surface area contributed by atoms with E-state index in [1.54, 1.807) is 36.4 Å². The Morgan fingerprint density at radius 3 is 2.63 bits per heavy atom. The predicted molar refractivity (Wildman–Crippen MR) is 113 cm³/mol. The summed E-state index contributed by atoms with van der Waals surface area (Å²) in [6, 6.07) is 9.97. The number of carboxylic acid groups (broad SMARTS) is 1. The fourth-order valence-corrected chi connectivity index (χ4v) is 4.04. The number of hydrogen-bond acceptors (Lipinski definition) is 6. The van der Waals surface area contributed by atoms with Crippen LogP contribution in [0.2, 0.25) is 0 Å². The third-order valence-corrected chi connectivity index (χ3v) is 5.91. The van der Waals surface area contributed by atoms with Crippen molar-refractivity contribution in [2.24, 2.45) is 0 Å². The zero-order chi connectivity index (χ0) is 21.5.